The van der Waals surface area contributed by atoms with Crippen LogP contribution in [0.1, 0.15) is 49.7 Å². The van der Waals surface area contributed by atoms with Crippen molar-refractivity contribution in [3.8, 4) is 0 Å². The lowest BCUT2D eigenvalue weighted by Gasteiger charge is -2.33. The minimum absolute atomic E-state index is 0. The quantitative estimate of drug-likeness (QED) is 0.819. The molecule has 0 amide bonds. The van der Waals surface area contributed by atoms with Crippen LogP contribution < -0.4 is 10.6 Å². The van der Waals surface area contributed by atoms with Crippen LogP contribution >= 0.6 is 23.7 Å². The number of morpholine rings is 1. The van der Waals surface area contributed by atoms with Crippen LogP contribution in [0.25, 0.3) is 0 Å². The molecule has 3 atom stereocenters. The second-order valence-corrected chi connectivity index (χ2v) is 7.76. The third-order valence-corrected chi connectivity index (χ3v) is 6.08. The molecule has 2 fully saturated rings. The first kappa shape index (κ1) is 19.1. The van der Waals surface area contributed by atoms with Gasteiger partial charge in [-0.05, 0) is 18.8 Å². The summed E-state index contributed by atoms with van der Waals surface area (Å²) in [7, 11) is 0. The number of hydrogen-bond donors (Lipinski definition) is 2. The minimum Gasteiger partial charge on any atom is -0.379 e. The molecular weight excluding hydrogens is 330 g/mol. The molecule has 1 aromatic heterocycles. The van der Waals surface area contributed by atoms with Crippen LogP contribution in [-0.4, -0.2) is 43.4 Å². The number of nitrogens with zero attached hydrogens (tertiary/aromatic N) is 1. The maximum Gasteiger partial charge on any atom is 0.0953 e. The van der Waals surface area contributed by atoms with Crippen molar-refractivity contribution in [3.05, 3.63) is 16.1 Å². The van der Waals surface area contributed by atoms with E-state index in [4.69, 9.17) is 9.72 Å². The lowest BCUT2D eigenvalue weighted by atomic mass is 9.94. The third-order valence-electron chi connectivity index (χ3n) is 4.89. The molecule has 2 aliphatic rings. The molecule has 1 saturated heterocycles. The summed E-state index contributed by atoms with van der Waals surface area (Å²) in [6, 6.07) is 1.18. The molecule has 0 radical (unpaired) electrons. The van der Waals surface area contributed by atoms with Gasteiger partial charge in [0.2, 0.25) is 0 Å². The highest BCUT2D eigenvalue weighted by molar-refractivity contribution is 7.09. The van der Waals surface area contributed by atoms with Crippen molar-refractivity contribution >= 4 is 23.7 Å². The van der Waals surface area contributed by atoms with E-state index in [2.05, 4.69) is 29.9 Å². The molecule has 0 aromatic carbocycles. The molecule has 1 saturated carbocycles. The summed E-state index contributed by atoms with van der Waals surface area (Å²) >= 11 is 1.80. The van der Waals surface area contributed by atoms with Gasteiger partial charge in [-0.15, -0.1) is 23.7 Å². The predicted octanol–water partition coefficient (Wildman–Crippen LogP) is 2.98. The SMILES string of the molecule is CC(C)c1nc(CCNC2CCCC2C2COCCN2)cs1.Cl. The zero-order valence-electron chi connectivity index (χ0n) is 14.2. The standard InChI is InChI=1S/C17H29N3OS.ClH/c1-12(2)17-20-13(11-22-17)6-7-18-15-5-3-4-14(15)16-10-21-9-8-19-16;/h11-12,14-16,18-19H,3-10H2,1-2H3;1H. The second kappa shape index (κ2) is 9.33. The molecule has 4 nitrogen and oxygen atoms in total. The summed E-state index contributed by atoms with van der Waals surface area (Å²) in [6.45, 7) is 8.21. The lowest BCUT2D eigenvalue weighted by Crippen LogP contribution is -2.51. The largest absolute Gasteiger partial charge is 0.379 e. The van der Waals surface area contributed by atoms with E-state index in [-0.39, 0.29) is 12.4 Å². The van der Waals surface area contributed by atoms with E-state index in [1.54, 1.807) is 11.3 Å². The summed E-state index contributed by atoms with van der Waals surface area (Å²) in [5.41, 5.74) is 1.25. The Morgan fingerprint density at radius 3 is 3.00 bits per heavy atom. The fourth-order valence-electron chi connectivity index (χ4n) is 3.67. The van der Waals surface area contributed by atoms with Crippen molar-refractivity contribution in [1.82, 2.24) is 15.6 Å². The van der Waals surface area contributed by atoms with Gasteiger partial charge in [0.15, 0.2) is 0 Å². The number of aromatic nitrogens is 1. The smallest absolute Gasteiger partial charge is 0.0953 e. The maximum atomic E-state index is 5.64. The van der Waals surface area contributed by atoms with Crippen LogP contribution in [0.3, 0.4) is 0 Å². The molecule has 2 heterocycles. The number of halogens is 1. The molecule has 3 rings (SSSR count). The van der Waals surface area contributed by atoms with Crippen molar-refractivity contribution < 1.29 is 4.74 Å². The zero-order valence-corrected chi connectivity index (χ0v) is 15.8. The number of hydrogen-bond acceptors (Lipinski definition) is 5. The Balaban J connectivity index is 0.00000192. The van der Waals surface area contributed by atoms with Gasteiger partial charge in [-0.3, -0.25) is 0 Å². The van der Waals surface area contributed by atoms with Gasteiger partial charge in [-0.1, -0.05) is 20.3 Å². The first-order valence-electron chi connectivity index (χ1n) is 8.73. The van der Waals surface area contributed by atoms with Gasteiger partial charge in [0.25, 0.3) is 0 Å². The van der Waals surface area contributed by atoms with Gasteiger partial charge in [0.05, 0.1) is 23.9 Å². The molecule has 6 heteroatoms. The van der Waals surface area contributed by atoms with Crippen LogP contribution in [0.4, 0.5) is 0 Å². The van der Waals surface area contributed by atoms with Gasteiger partial charge in [0, 0.05) is 42.9 Å². The first-order valence-corrected chi connectivity index (χ1v) is 9.61. The Morgan fingerprint density at radius 1 is 1.43 bits per heavy atom. The molecular formula is C17H30ClN3OS. The summed E-state index contributed by atoms with van der Waals surface area (Å²) in [5.74, 6) is 1.27. The molecule has 3 unspecified atom stereocenters. The second-order valence-electron chi connectivity index (χ2n) is 6.87. The van der Waals surface area contributed by atoms with Crippen LogP contribution in [0.5, 0.6) is 0 Å². The van der Waals surface area contributed by atoms with E-state index in [0.29, 0.717) is 18.0 Å². The zero-order chi connectivity index (χ0) is 15.4. The lowest BCUT2D eigenvalue weighted by molar-refractivity contribution is 0.0526. The van der Waals surface area contributed by atoms with Crippen molar-refractivity contribution in [1.29, 1.82) is 0 Å². The van der Waals surface area contributed by atoms with Crippen molar-refractivity contribution in [3.63, 3.8) is 0 Å². The highest BCUT2D eigenvalue weighted by Crippen LogP contribution is 2.29. The van der Waals surface area contributed by atoms with Crippen molar-refractivity contribution in [2.24, 2.45) is 5.92 Å². The molecule has 1 aliphatic carbocycles. The Kier molecular flexibility index (Phi) is 7.76. The number of rotatable bonds is 6. The maximum absolute atomic E-state index is 5.64. The van der Waals surface area contributed by atoms with Crippen LogP contribution in [-0.2, 0) is 11.2 Å². The van der Waals surface area contributed by atoms with Crippen LogP contribution in [0.15, 0.2) is 5.38 Å². The number of nitrogens with one attached hydrogen (secondary N) is 2. The molecule has 1 aromatic rings. The molecule has 23 heavy (non-hydrogen) atoms. The van der Waals surface area contributed by atoms with Crippen LogP contribution in [0, 0.1) is 5.92 Å². The molecule has 1 aliphatic heterocycles. The van der Waals surface area contributed by atoms with E-state index in [1.165, 1.54) is 30.0 Å². The van der Waals surface area contributed by atoms with Crippen LogP contribution in [0.2, 0.25) is 0 Å². The fourth-order valence-corrected chi connectivity index (χ4v) is 4.54. The summed E-state index contributed by atoms with van der Waals surface area (Å²) < 4.78 is 5.64. The van der Waals surface area contributed by atoms with E-state index in [1.807, 2.05) is 0 Å². The van der Waals surface area contributed by atoms with Gasteiger partial charge in [-0.25, -0.2) is 4.98 Å². The number of thiazole rings is 1. The first-order chi connectivity index (χ1) is 10.7. The van der Waals surface area contributed by atoms with E-state index in [9.17, 15) is 0 Å². The Bertz CT molecular complexity index is 462. The van der Waals surface area contributed by atoms with Gasteiger partial charge >= 0.3 is 0 Å². The van der Waals surface area contributed by atoms with E-state index >= 15 is 0 Å². The Morgan fingerprint density at radius 2 is 2.30 bits per heavy atom. The summed E-state index contributed by atoms with van der Waals surface area (Å²) in [5, 5.41) is 10.9. The van der Waals surface area contributed by atoms with E-state index in [0.717, 1.165) is 38.6 Å². The highest BCUT2D eigenvalue weighted by Gasteiger charge is 2.34. The van der Waals surface area contributed by atoms with Gasteiger partial charge in [0.1, 0.15) is 0 Å². The monoisotopic (exact) mass is 359 g/mol. The topological polar surface area (TPSA) is 46.2 Å². The predicted molar refractivity (Wildman–Crippen MR) is 98.9 cm³/mol. The van der Waals surface area contributed by atoms with Crippen molar-refractivity contribution in [2.45, 2.75) is 57.5 Å². The Hall–Kier alpha value is -0.200. The summed E-state index contributed by atoms with van der Waals surface area (Å²) in [6.07, 6.45) is 5.01. The molecule has 2 N–H and O–H groups in total. The average Bonchev–Trinajstić information content (AvgIpc) is 3.17. The third kappa shape index (κ3) is 5.13. The minimum atomic E-state index is 0. The van der Waals surface area contributed by atoms with Gasteiger partial charge < -0.3 is 15.4 Å². The summed E-state index contributed by atoms with van der Waals surface area (Å²) in [4.78, 5) is 4.73. The molecule has 0 spiro atoms. The average molecular weight is 360 g/mol. The van der Waals surface area contributed by atoms with Gasteiger partial charge in [-0.2, -0.15) is 0 Å². The molecule has 132 valence electrons. The normalized spacial score (nSPS) is 28.0. The van der Waals surface area contributed by atoms with E-state index < -0.39 is 0 Å². The molecule has 0 bridgehead atoms. The van der Waals surface area contributed by atoms with Crippen molar-refractivity contribution in [2.75, 3.05) is 26.3 Å². The Labute approximate surface area is 150 Å². The fraction of sp³-hybridized carbons (Fsp3) is 0.824. The highest BCUT2D eigenvalue weighted by atomic mass is 35.5. The number of ether oxygens (including phenoxy) is 1.